The molecule has 1 amide bonds. The first-order valence-corrected chi connectivity index (χ1v) is 9.80. The number of carbonyl (C=O) groups is 1. The number of quaternary nitrogens is 1. The molecule has 2 heterocycles. The lowest BCUT2D eigenvalue weighted by atomic mass is 9.95. The standard InChI is InChI=1S/C21H23N3O5/c25-21(22-18-4-2-1-3-5-18)15-6-8-23(9-7-15)12-16-10-19(24(26)27)11-17-13-28-14-29-20(16)17/h1-5,10-11,15H,6-9,12-14H2,(H,22,25)/p+1. The van der Waals surface area contributed by atoms with Gasteiger partial charge in [-0.1, -0.05) is 18.2 Å². The third-order valence-corrected chi connectivity index (χ3v) is 5.53. The van der Waals surface area contributed by atoms with Crippen molar-refractivity contribution in [3.63, 3.8) is 0 Å². The molecule has 4 rings (SSSR count). The van der Waals surface area contributed by atoms with E-state index in [1.54, 1.807) is 6.07 Å². The number of likely N-dealkylation sites (tertiary alicyclic amines) is 1. The van der Waals surface area contributed by atoms with E-state index in [4.69, 9.17) is 9.47 Å². The van der Waals surface area contributed by atoms with Gasteiger partial charge in [0.25, 0.3) is 5.69 Å². The van der Waals surface area contributed by atoms with Gasteiger partial charge in [0.05, 0.1) is 30.2 Å². The highest BCUT2D eigenvalue weighted by Gasteiger charge is 2.29. The zero-order valence-corrected chi connectivity index (χ0v) is 16.1. The number of benzene rings is 2. The fourth-order valence-electron chi connectivity index (χ4n) is 4.02. The van der Waals surface area contributed by atoms with E-state index in [2.05, 4.69) is 5.32 Å². The molecule has 0 radical (unpaired) electrons. The molecule has 2 aromatic rings. The van der Waals surface area contributed by atoms with Crippen LogP contribution in [-0.4, -0.2) is 30.7 Å². The van der Waals surface area contributed by atoms with Crippen molar-refractivity contribution < 1.29 is 24.1 Å². The third-order valence-electron chi connectivity index (χ3n) is 5.53. The number of amides is 1. The predicted molar refractivity (Wildman–Crippen MR) is 106 cm³/mol. The van der Waals surface area contributed by atoms with Gasteiger partial charge < -0.3 is 19.7 Å². The number of anilines is 1. The van der Waals surface area contributed by atoms with Gasteiger partial charge in [0.2, 0.25) is 5.91 Å². The van der Waals surface area contributed by atoms with Crippen molar-refractivity contribution >= 4 is 17.3 Å². The van der Waals surface area contributed by atoms with E-state index in [0.29, 0.717) is 18.9 Å². The van der Waals surface area contributed by atoms with Crippen LogP contribution in [0.4, 0.5) is 11.4 Å². The van der Waals surface area contributed by atoms with Crippen molar-refractivity contribution in [3.8, 4) is 5.75 Å². The van der Waals surface area contributed by atoms with Crippen molar-refractivity contribution in [2.24, 2.45) is 5.92 Å². The molecule has 8 nitrogen and oxygen atoms in total. The predicted octanol–water partition coefficient (Wildman–Crippen LogP) is 1.89. The van der Waals surface area contributed by atoms with Crippen LogP contribution in [0, 0.1) is 16.0 Å². The minimum absolute atomic E-state index is 0.0115. The van der Waals surface area contributed by atoms with Gasteiger partial charge >= 0.3 is 0 Å². The summed E-state index contributed by atoms with van der Waals surface area (Å²) in [7, 11) is 0. The minimum atomic E-state index is -0.381. The number of hydrogen-bond acceptors (Lipinski definition) is 5. The molecule has 0 spiro atoms. The quantitative estimate of drug-likeness (QED) is 0.593. The summed E-state index contributed by atoms with van der Waals surface area (Å²) in [4.78, 5) is 24.7. The van der Waals surface area contributed by atoms with Gasteiger partial charge in [0, 0.05) is 42.1 Å². The van der Waals surface area contributed by atoms with Crippen molar-refractivity contribution in [2.75, 3.05) is 25.2 Å². The van der Waals surface area contributed by atoms with Crippen molar-refractivity contribution in [3.05, 3.63) is 63.7 Å². The second-order valence-corrected chi connectivity index (χ2v) is 7.52. The van der Waals surface area contributed by atoms with Gasteiger partial charge in [-0.2, -0.15) is 0 Å². The number of nitro groups is 1. The Morgan fingerprint density at radius 2 is 1.97 bits per heavy atom. The lowest BCUT2D eigenvalue weighted by Gasteiger charge is -2.29. The third kappa shape index (κ3) is 4.55. The van der Waals surface area contributed by atoms with E-state index >= 15 is 0 Å². The molecule has 0 aromatic heterocycles. The summed E-state index contributed by atoms with van der Waals surface area (Å²) in [5.41, 5.74) is 2.43. The Bertz CT molecular complexity index is 895. The molecule has 0 bridgehead atoms. The molecule has 8 heteroatoms. The molecular weight excluding hydrogens is 374 g/mol. The first kappa shape index (κ1) is 19.4. The maximum atomic E-state index is 12.5. The summed E-state index contributed by atoms with van der Waals surface area (Å²) < 4.78 is 10.9. The number of para-hydroxylation sites is 1. The Hall–Kier alpha value is -2.97. The summed E-state index contributed by atoms with van der Waals surface area (Å²) in [5, 5.41) is 14.3. The van der Waals surface area contributed by atoms with E-state index in [-0.39, 0.29) is 29.2 Å². The van der Waals surface area contributed by atoms with Gasteiger partial charge in [-0.3, -0.25) is 14.9 Å². The molecule has 2 aliphatic heterocycles. The topological polar surface area (TPSA) is 95.1 Å². The number of fused-ring (bicyclic) bond motifs is 1. The van der Waals surface area contributed by atoms with Gasteiger partial charge in [-0.25, -0.2) is 0 Å². The monoisotopic (exact) mass is 398 g/mol. The second kappa shape index (κ2) is 8.59. The normalized spacial score (nSPS) is 21.0. The number of rotatable bonds is 5. The molecule has 0 aliphatic carbocycles. The van der Waals surface area contributed by atoms with Crippen LogP contribution in [0.15, 0.2) is 42.5 Å². The summed E-state index contributed by atoms with van der Waals surface area (Å²) in [6.07, 6.45) is 1.57. The zero-order chi connectivity index (χ0) is 20.2. The maximum absolute atomic E-state index is 12.5. The average molecular weight is 398 g/mol. The van der Waals surface area contributed by atoms with Crippen LogP contribution in [-0.2, 0) is 22.7 Å². The highest BCUT2D eigenvalue weighted by Crippen LogP contribution is 2.32. The minimum Gasteiger partial charge on any atom is -0.467 e. The number of nitro benzene ring substituents is 1. The van der Waals surface area contributed by atoms with Crippen LogP contribution in [0.1, 0.15) is 24.0 Å². The Morgan fingerprint density at radius 3 is 2.69 bits per heavy atom. The van der Waals surface area contributed by atoms with Crippen molar-refractivity contribution in [1.82, 2.24) is 0 Å². The number of carbonyl (C=O) groups excluding carboxylic acids is 1. The fraction of sp³-hybridized carbons (Fsp3) is 0.381. The molecule has 0 atom stereocenters. The van der Waals surface area contributed by atoms with Crippen LogP contribution in [0.3, 0.4) is 0 Å². The molecule has 1 fully saturated rings. The SMILES string of the molecule is O=C(Nc1ccccc1)C1CC[NH+](Cc2cc([N+](=O)[O-])cc3c2OCOC3)CC1. The van der Waals surface area contributed by atoms with Crippen LogP contribution >= 0.6 is 0 Å². The molecule has 0 saturated carbocycles. The molecule has 2 aromatic carbocycles. The number of piperidine rings is 1. The van der Waals surface area contributed by atoms with Crippen LogP contribution in [0.25, 0.3) is 0 Å². The highest BCUT2D eigenvalue weighted by molar-refractivity contribution is 5.92. The molecule has 2 aliphatic rings. The smallest absolute Gasteiger partial charge is 0.270 e. The Kier molecular flexibility index (Phi) is 5.73. The Labute approximate surface area is 168 Å². The molecular formula is C21H24N3O5+. The zero-order valence-electron chi connectivity index (χ0n) is 16.1. The summed E-state index contributed by atoms with van der Waals surface area (Å²) in [5.74, 6) is 0.754. The Balaban J connectivity index is 1.39. The number of non-ortho nitro benzene ring substituents is 1. The van der Waals surface area contributed by atoms with E-state index in [1.807, 2.05) is 30.3 Å². The first-order chi connectivity index (χ1) is 14.1. The van der Waals surface area contributed by atoms with E-state index < -0.39 is 0 Å². The fourth-order valence-corrected chi connectivity index (χ4v) is 4.02. The molecule has 29 heavy (non-hydrogen) atoms. The highest BCUT2D eigenvalue weighted by atomic mass is 16.7. The van der Waals surface area contributed by atoms with E-state index in [0.717, 1.165) is 42.7 Å². The van der Waals surface area contributed by atoms with Crippen LogP contribution in [0.5, 0.6) is 5.75 Å². The van der Waals surface area contributed by atoms with Gasteiger partial charge in [-0.05, 0) is 12.1 Å². The molecule has 2 N–H and O–H groups in total. The molecule has 0 unspecified atom stereocenters. The number of ether oxygens (including phenoxy) is 2. The van der Waals surface area contributed by atoms with Gasteiger partial charge in [-0.15, -0.1) is 0 Å². The summed E-state index contributed by atoms with van der Waals surface area (Å²) in [6, 6.07) is 12.6. The van der Waals surface area contributed by atoms with Crippen LogP contribution < -0.4 is 15.0 Å². The van der Waals surface area contributed by atoms with Crippen LogP contribution in [0.2, 0.25) is 0 Å². The Morgan fingerprint density at radius 1 is 1.21 bits per heavy atom. The summed E-state index contributed by atoms with van der Waals surface area (Å²) >= 11 is 0. The van der Waals surface area contributed by atoms with Gasteiger partial charge in [0.1, 0.15) is 12.3 Å². The molecule has 152 valence electrons. The number of nitrogens with zero attached hydrogens (tertiary/aromatic N) is 1. The van der Waals surface area contributed by atoms with Gasteiger partial charge in [0.15, 0.2) is 6.79 Å². The van der Waals surface area contributed by atoms with E-state index in [1.165, 1.54) is 11.0 Å². The lowest BCUT2D eigenvalue weighted by Crippen LogP contribution is -3.11. The van der Waals surface area contributed by atoms with Crippen molar-refractivity contribution in [1.29, 1.82) is 0 Å². The largest absolute Gasteiger partial charge is 0.467 e. The number of hydrogen-bond donors (Lipinski definition) is 2. The summed E-state index contributed by atoms with van der Waals surface area (Å²) in [6.45, 7) is 2.79. The first-order valence-electron chi connectivity index (χ1n) is 9.80. The number of nitrogens with one attached hydrogen (secondary N) is 2. The van der Waals surface area contributed by atoms with E-state index in [9.17, 15) is 14.9 Å². The average Bonchev–Trinajstić information content (AvgIpc) is 2.75. The molecule has 1 saturated heterocycles. The second-order valence-electron chi connectivity index (χ2n) is 7.52. The lowest BCUT2D eigenvalue weighted by molar-refractivity contribution is -0.919. The maximum Gasteiger partial charge on any atom is 0.270 e. The van der Waals surface area contributed by atoms with Crippen molar-refractivity contribution in [2.45, 2.75) is 26.0 Å².